The normalized spacial score (nSPS) is 17.6. The summed E-state index contributed by atoms with van der Waals surface area (Å²) in [5.41, 5.74) is 7.95. The molecule has 104 valence electrons. The van der Waals surface area contributed by atoms with Crippen LogP contribution in [0.5, 0.6) is 0 Å². The molecule has 2 aromatic heterocycles. The molecule has 0 saturated carbocycles. The first-order valence-corrected chi connectivity index (χ1v) is 6.80. The Morgan fingerprint density at radius 2 is 2.40 bits per heavy atom. The van der Waals surface area contributed by atoms with Crippen LogP contribution in [0.2, 0.25) is 0 Å². The molecule has 1 aliphatic rings. The lowest BCUT2D eigenvalue weighted by molar-refractivity contribution is 0.0932. The molecule has 0 aromatic carbocycles. The second kappa shape index (κ2) is 5.46. The summed E-state index contributed by atoms with van der Waals surface area (Å²) in [6.45, 7) is 0.330. The van der Waals surface area contributed by atoms with E-state index < -0.39 is 0 Å². The zero-order valence-corrected chi connectivity index (χ0v) is 11.1. The molecule has 1 atom stereocenters. The number of fused-ring (bicyclic) bond motifs is 1. The highest BCUT2D eigenvalue weighted by molar-refractivity contribution is 5.94. The molecule has 0 aliphatic heterocycles. The number of aryl methyl sites for hydroxylation is 1. The van der Waals surface area contributed by atoms with Crippen molar-refractivity contribution in [3.8, 4) is 0 Å². The van der Waals surface area contributed by atoms with E-state index in [1.807, 2.05) is 6.07 Å². The summed E-state index contributed by atoms with van der Waals surface area (Å²) < 4.78 is 5.43. The molecular weight excluding hydrogens is 254 g/mol. The maximum absolute atomic E-state index is 12.3. The van der Waals surface area contributed by atoms with Crippen molar-refractivity contribution in [2.24, 2.45) is 5.73 Å². The third kappa shape index (κ3) is 2.44. The number of pyridine rings is 1. The van der Waals surface area contributed by atoms with E-state index in [-0.39, 0.29) is 11.9 Å². The van der Waals surface area contributed by atoms with Crippen molar-refractivity contribution in [2.45, 2.75) is 31.8 Å². The van der Waals surface area contributed by atoms with Crippen LogP contribution >= 0.6 is 0 Å². The number of nitrogens with zero attached hydrogens (tertiary/aromatic N) is 1. The Balaban J connectivity index is 1.77. The monoisotopic (exact) mass is 271 g/mol. The fourth-order valence-electron chi connectivity index (χ4n) is 2.61. The third-order valence-electron chi connectivity index (χ3n) is 3.65. The minimum Gasteiger partial charge on any atom is -0.469 e. The van der Waals surface area contributed by atoms with Gasteiger partial charge in [-0.1, -0.05) is 0 Å². The van der Waals surface area contributed by atoms with Gasteiger partial charge in [0.05, 0.1) is 18.0 Å². The lowest BCUT2D eigenvalue weighted by atomic mass is 9.93. The number of amides is 1. The van der Waals surface area contributed by atoms with Gasteiger partial charge in [0.15, 0.2) is 0 Å². The van der Waals surface area contributed by atoms with Crippen LogP contribution in [0.25, 0.3) is 0 Å². The van der Waals surface area contributed by atoms with E-state index in [0.717, 1.165) is 30.6 Å². The summed E-state index contributed by atoms with van der Waals surface area (Å²) in [7, 11) is 0. The van der Waals surface area contributed by atoms with E-state index in [1.165, 1.54) is 0 Å². The van der Waals surface area contributed by atoms with Gasteiger partial charge in [-0.05, 0) is 31.0 Å². The second-order valence-electron chi connectivity index (χ2n) is 4.96. The Kier molecular flexibility index (Phi) is 3.52. The summed E-state index contributed by atoms with van der Waals surface area (Å²) in [4.78, 5) is 16.4. The lowest BCUT2D eigenvalue weighted by Gasteiger charge is -2.22. The average molecular weight is 271 g/mol. The zero-order chi connectivity index (χ0) is 13.9. The molecule has 5 heteroatoms. The Morgan fingerprint density at radius 1 is 1.50 bits per heavy atom. The highest BCUT2D eigenvalue weighted by Gasteiger charge is 2.24. The van der Waals surface area contributed by atoms with Crippen LogP contribution in [-0.2, 0) is 13.0 Å². The highest BCUT2D eigenvalue weighted by Crippen LogP contribution is 2.30. The molecule has 1 amide bonds. The number of aromatic nitrogens is 1. The number of furan rings is 1. The fraction of sp³-hybridized carbons (Fsp3) is 0.333. The van der Waals surface area contributed by atoms with Gasteiger partial charge in [-0.15, -0.1) is 0 Å². The number of nitrogens with two attached hydrogens (primary N) is 1. The molecule has 2 aromatic rings. The van der Waals surface area contributed by atoms with Crippen molar-refractivity contribution >= 4 is 5.91 Å². The summed E-state index contributed by atoms with van der Waals surface area (Å²) in [5, 5.41) is 3.06. The topological polar surface area (TPSA) is 81.2 Å². The van der Waals surface area contributed by atoms with Crippen LogP contribution in [-0.4, -0.2) is 10.9 Å². The standard InChI is InChI=1S/C15H17N3O2/c16-9-11-8-10(4-6-17-11)15(19)18-13-2-1-3-14-12(13)5-7-20-14/h4-8,13H,1-3,9,16H2,(H,18,19). The van der Waals surface area contributed by atoms with Gasteiger partial charge in [0, 0.05) is 30.3 Å². The van der Waals surface area contributed by atoms with Crippen molar-refractivity contribution in [2.75, 3.05) is 0 Å². The molecule has 0 radical (unpaired) electrons. The molecule has 3 N–H and O–H groups in total. The average Bonchev–Trinajstić information content (AvgIpc) is 2.97. The molecule has 1 unspecified atom stereocenters. The molecule has 0 spiro atoms. The predicted octanol–water partition coefficient (Wildman–Crippen LogP) is 1.94. The predicted molar refractivity (Wildman–Crippen MR) is 74.0 cm³/mol. The van der Waals surface area contributed by atoms with Crippen molar-refractivity contribution in [1.82, 2.24) is 10.3 Å². The smallest absolute Gasteiger partial charge is 0.251 e. The van der Waals surface area contributed by atoms with Gasteiger partial charge in [-0.3, -0.25) is 9.78 Å². The van der Waals surface area contributed by atoms with Gasteiger partial charge < -0.3 is 15.5 Å². The van der Waals surface area contributed by atoms with Gasteiger partial charge in [0.1, 0.15) is 5.76 Å². The van der Waals surface area contributed by atoms with E-state index in [4.69, 9.17) is 10.2 Å². The van der Waals surface area contributed by atoms with Crippen LogP contribution in [0.1, 0.15) is 46.3 Å². The summed E-state index contributed by atoms with van der Waals surface area (Å²) >= 11 is 0. The Hall–Kier alpha value is -2.14. The van der Waals surface area contributed by atoms with Crippen LogP contribution in [0, 0.1) is 0 Å². The highest BCUT2D eigenvalue weighted by atomic mass is 16.3. The van der Waals surface area contributed by atoms with Crippen molar-refractivity contribution in [3.05, 3.63) is 53.2 Å². The SMILES string of the molecule is NCc1cc(C(=O)NC2CCCc3occc32)ccn1. The summed E-state index contributed by atoms with van der Waals surface area (Å²) in [6, 6.07) is 5.40. The van der Waals surface area contributed by atoms with Gasteiger partial charge in [0.2, 0.25) is 0 Å². The number of rotatable bonds is 3. The lowest BCUT2D eigenvalue weighted by Crippen LogP contribution is -2.30. The molecule has 0 bridgehead atoms. The van der Waals surface area contributed by atoms with Gasteiger partial charge >= 0.3 is 0 Å². The van der Waals surface area contributed by atoms with Crippen LogP contribution < -0.4 is 11.1 Å². The number of hydrogen-bond acceptors (Lipinski definition) is 4. The van der Waals surface area contributed by atoms with E-state index >= 15 is 0 Å². The summed E-state index contributed by atoms with van der Waals surface area (Å²) in [5.74, 6) is 0.889. The molecule has 2 heterocycles. The summed E-state index contributed by atoms with van der Waals surface area (Å²) in [6.07, 6.45) is 6.21. The van der Waals surface area contributed by atoms with E-state index in [9.17, 15) is 4.79 Å². The molecule has 0 fully saturated rings. The maximum atomic E-state index is 12.3. The first kappa shape index (κ1) is 12.9. The van der Waals surface area contributed by atoms with Gasteiger partial charge in [0.25, 0.3) is 5.91 Å². The Morgan fingerprint density at radius 3 is 3.25 bits per heavy atom. The number of nitrogens with one attached hydrogen (secondary N) is 1. The maximum Gasteiger partial charge on any atom is 0.251 e. The van der Waals surface area contributed by atoms with Gasteiger partial charge in [-0.2, -0.15) is 0 Å². The minimum absolute atomic E-state index is 0.0273. The molecule has 3 rings (SSSR count). The fourth-order valence-corrected chi connectivity index (χ4v) is 2.61. The van der Waals surface area contributed by atoms with E-state index in [0.29, 0.717) is 17.8 Å². The Labute approximate surface area is 117 Å². The van der Waals surface area contributed by atoms with Crippen molar-refractivity contribution < 1.29 is 9.21 Å². The first-order valence-electron chi connectivity index (χ1n) is 6.80. The number of carbonyl (C=O) groups excluding carboxylic acids is 1. The molecule has 20 heavy (non-hydrogen) atoms. The quantitative estimate of drug-likeness (QED) is 0.894. The van der Waals surface area contributed by atoms with Crippen molar-refractivity contribution in [3.63, 3.8) is 0 Å². The molecule has 0 saturated heterocycles. The minimum atomic E-state index is -0.0962. The van der Waals surface area contributed by atoms with Crippen LogP contribution in [0.3, 0.4) is 0 Å². The van der Waals surface area contributed by atoms with Gasteiger partial charge in [-0.25, -0.2) is 0 Å². The molecule has 1 aliphatic carbocycles. The van der Waals surface area contributed by atoms with E-state index in [2.05, 4.69) is 10.3 Å². The second-order valence-corrected chi connectivity index (χ2v) is 4.96. The Bertz CT molecular complexity index is 621. The van der Waals surface area contributed by atoms with E-state index in [1.54, 1.807) is 24.6 Å². The molecule has 5 nitrogen and oxygen atoms in total. The number of carbonyl (C=O) groups is 1. The van der Waals surface area contributed by atoms with Crippen molar-refractivity contribution in [1.29, 1.82) is 0 Å². The third-order valence-corrected chi connectivity index (χ3v) is 3.65. The zero-order valence-electron chi connectivity index (χ0n) is 11.1. The first-order chi connectivity index (χ1) is 9.78. The largest absolute Gasteiger partial charge is 0.469 e. The molecular formula is C15H17N3O2. The van der Waals surface area contributed by atoms with Crippen LogP contribution in [0.4, 0.5) is 0 Å². The number of hydrogen-bond donors (Lipinski definition) is 2. The van der Waals surface area contributed by atoms with Crippen LogP contribution in [0.15, 0.2) is 35.1 Å².